The summed E-state index contributed by atoms with van der Waals surface area (Å²) in [6.07, 6.45) is 0.493. The van der Waals surface area contributed by atoms with Gasteiger partial charge < -0.3 is 14.4 Å². The molecule has 1 aliphatic rings. The van der Waals surface area contributed by atoms with Crippen LogP contribution in [-0.2, 0) is 35.7 Å². The third-order valence-corrected chi connectivity index (χ3v) is 9.30. The number of phenolic OH excluding ortho intramolecular Hbond substituents is 1. The van der Waals surface area contributed by atoms with E-state index in [-0.39, 0.29) is 39.6 Å². The maximum Gasteiger partial charge on any atom is 0.286 e. The number of nitrogens with one attached hydrogen (secondary N) is 1. The normalized spacial score (nSPS) is 15.5. The summed E-state index contributed by atoms with van der Waals surface area (Å²) >= 11 is 2.72. The van der Waals surface area contributed by atoms with Crippen LogP contribution < -0.4 is 10.1 Å². The molecule has 2 amide bonds. The van der Waals surface area contributed by atoms with Crippen molar-refractivity contribution < 1.29 is 19.4 Å². The number of nitrogens with zero attached hydrogens (tertiary/aromatic N) is 2. The Balaban J connectivity index is 0.00000423. The molecule has 2 N–H and O–H groups in total. The van der Waals surface area contributed by atoms with Gasteiger partial charge in [-0.2, -0.15) is 0 Å². The lowest BCUT2D eigenvalue weighted by molar-refractivity contribution is -0.118. The van der Waals surface area contributed by atoms with Crippen LogP contribution in [0.2, 0.25) is 0 Å². The molecule has 0 aliphatic carbocycles. The highest BCUT2D eigenvalue weighted by atomic mass is 35.5. The fourth-order valence-corrected chi connectivity index (χ4v) is 6.76. The van der Waals surface area contributed by atoms with Gasteiger partial charge in [0.1, 0.15) is 23.9 Å². The van der Waals surface area contributed by atoms with Crippen LogP contribution in [0.25, 0.3) is 11.0 Å². The Labute approximate surface area is 267 Å². The lowest BCUT2D eigenvalue weighted by Crippen LogP contribution is -2.25. The van der Waals surface area contributed by atoms with Gasteiger partial charge in [-0.1, -0.05) is 77.2 Å². The van der Waals surface area contributed by atoms with E-state index >= 15 is 0 Å². The summed E-state index contributed by atoms with van der Waals surface area (Å²) < 4.78 is 8.10. The van der Waals surface area contributed by atoms with Gasteiger partial charge in [-0.15, -0.1) is 12.4 Å². The second-order valence-corrected chi connectivity index (χ2v) is 15.0. The largest absolute Gasteiger partial charge is 0.507 e. The van der Waals surface area contributed by atoms with E-state index in [0.717, 1.165) is 55.1 Å². The molecule has 5 rings (SSSR count). The summed E-state index contributed by atoms with van der Waals surface area (Å²) in [5.41, 5.74) is 4.40. The first kappa shape index (κ1) is 32.8. The average molecular weight is 640 g/mol. The molecule has 0 bridgehead atoms. The number of amides is 2. The number of aryl methyl sites for hydroxylation is 1. The molecule has 2 heterocycles. The van der Waals surface area contributed by atoms with E-state index in [0.29, 0.717) is 24.5 Å². The molecule has 1 saturated heterocycles. The molecule has 1 atom stereocenters. The van der Waals surface area contributed by atoms with Gasteiger partial charge in [-0.25, -0.2) is 4.98 Å². The monoisotopic (exact) mass is 639 g/mol. The maximum absolute atomic E-state index is 11.8. The Kier molecular flexibility index (Phi) is 9.50. The molecule has 1 aromatic heterocycles. The summed E-state index contributed by atoms with van der Waals surface area (Å²) in [4.78, 5) is 30.2. The minimum Gasteiger partial charge on any atom is -0.507 e. The number of aromatic hydroxyl groups is 1. The number of aromatic nitrogens is 2. The fourth-order valence-electron chi connectivity index (χ4n) is 4.97. The van der Waals surface area contributed by atoms with Crippen molar-refractivity contribution in [1.82, 2.24) is 14.9 Å². The SMILES string of the molecule is Cl.Cn1c(COc2ccc(CC3SC(=O)NC3=O)cc2)nc2ccc(Sc3cc(C(C)(C)C)c(O)c(C(C)(C)C)c3)cc21. The lowest BCUT2D eigenvalue weighted by atomic mass is 9.79. The molecule has 4 aromatic rings. The van der Waals surface area contributed by atoms with E-state index in [9.17, 15) is 14.7 Å². The molecule has 43 heavy (non-hydrogen) atoms. The van der Waals surface area contributed by atoms with Crippen LogP contribution in [0, 0.1) is 0 Å². The van der Waals surface area contributed by atoms with Gasteiger partial charge in [0.2, 0.25) is 5.91 Å². The summed E-state index contributed by atoms with van der Waals surface area (Å²) in [6.45, 7) is 13.1. The van der Waals surface area contributed by atoms with Crippen molar-refractivity contribution in [3.63, 3.8) is 0 Å². The molecular formula is C33H38ClN3O4S2. The summed E-state index contributed by atoms with van der Waals surface area (Å²) in [5, 5.41) is 12.7. The quantitative estimate of drug-likeness (QED) is 0.212. The topological polar surface area (TPSA) is 93.5 Å². The van der Waals surface area contributed by atoms with Gasteiger partial charge >= 0.3 is 0 Å². The minimum atomic E-state index is -0.387. The van der Waals surface area contributed by atoms with Crippen molar-refractivity contribution in [2.45, 2.75) is 80.4 Å². The van der Waals surface area contributed by atoms with E-state index in [4.69, 9.17) is 9.72 Å². The Morgan fingerprint density at radius 2 is 1.58 bits per heavy atom. The van der Waals surface area contributed by atoms with Crippen LogP contribution in [0.1, 0.15) is 64.1 Å². The zero-order chi connectivity index (χ0) is 30.4. The first-order chi connectivity index (χ1) is 19.7. The number of rotatable bonds is 7. The Morgan fingerprint density at radius 3 is 2.14 bits per heavy atom. The van der Waals surface area contributed by atoms with Gasteiger partial charge in [0, 0.05) is 28.0 Å². The molecule has 1 aliphatic heterocycles. The average Bonchev–Trinajstić information content (AvgIpc) is 3.39. The number of benzene rings is 3. The standard InChI is InChI=1S/C33H37N3O4S2.ClH/c1-32(2,3)23-15-22(16-24(29(23)37)33(4,5)6)41-21-12-13-25-26(17-21)36(7)28(34-25)18-40-20-10-8-19(9-11-20)14-27-30(38)35-31(39)42-27;/h8-13,15-17,27,37H,14,18H2,1-7H3,(H,35,38,39);1H. The first-order valence-electron chi connectivity index (χ1n) is 13.9. The van der Waals surface area contributed by atoms with E-state index in [1.54, 1.807) is 11.8 Å². The van der Waals surface area contributed by atoms with Gasteiger partial charge in [0.25, 0.3) is 5.24 Å². The second kappa shape index (κ2) is 12.5. The molecule has 0 radical (unpaired) electrons. The first-order valence-corrected chi connectivity index (χ1v) is 15.6. The summed E-state index contributed by atoms with van der Waals surface area (Å²) in [7, 11) is 1.99. The van der Waals surface area contributed by atoms with Gasteiger partial charge in [0.05, 0.1) is 16.3 Å². The maximum atomic E-state index is 11.8. The number of carbonyl (C=O) groups is 2. The number of fused-ring (bicyclic) bond motifs is 1. The van der Waals surface area contributed by atoms with E-state index in [1.165, 1.54) is 0 Å². The number of hydrogen-bond donors (Lipinski definition) is 2. The van der Waals surface area contributed by atoms with Crippen molar-refractivity contribution in [3.8, 4) is 11.5 Å². The molecule has 3 aromatic carbocycles. The number of phenols is 1. The van der Waals surface area contributed by atoms with Crippen LogP contribution in [0.15, 0.2) is 64.4 Å². The molecule has 1 unspecified atom stereocenters. The lowest BCUT2D eigenvalue weighted by Gasteiger charge is -2.28. The Bertz CT molecular complexity index is 1640. The van der Waals surface area contributed by atoms with Crippen LogP contribution in [0.3, 0.4) is 0 Å². The van der Waals surface area contributed by atoms with E-state index in [1.807, 2.05) is 37.4 Å². The third kappa shape index (κ3) is 7.33. The molecule has 1 fully saturated rings. The predicted octanol–water partition coefficient (Wildman–Crippen LogP) is 7.92. The minimum absolute atomic E-state index is 0. The number of thioether (sulfide) groups is 1. The highest BCUT2D eigenvalue weighted by Gasteiger charge is 2.31. The highest BCUT2D eigenvalue weighted by molar-refractivity contribution is 8.15. The van der Waals surface area contributed by atoms with E-state index in [2.05, 4.69) is 75.7 Å². The number of imidazole rings is 1. The molecule has 7 nitrogen and oxygen atoms in total. The number of carbonyl (C=O) groups excluding carboxylic acids is 2. The van der Waals surface area contributed by atoms with Crippen molar-refractivity contribution in [1.29, 1.82) is 0 Å². The molecular weight excluding hydrogens is 602 g/mol. The van der Waals surface area contributed by atoms with Crippen molar-refractivity contribution >= 4 is 58.1 Å². The number of halogens is 1. The fraction of sp³-hybridized carbons (Fsp3) is 0.364. The Hall–Kier alpha value is -3.14. The Morgan fingerprint density at radius 1 is 0.953 bits per heavy atom. The zero-order valence-electron chi connectivity index (χ0n) is 25.5. The molecule has 228 valence electrons. The summed E-state index contributed by atoms with van der Waals surface area (Å²) in [5.74, 6) is 1.67. The molecule has 0 spiro atoms. The van der Waals surface area contributed by atoms with Crippen LogP contribution in [-0.4, -0.2) is 31.1 Å². The molecule has 0 saturated carbocycles. The summed E-state index contributed by atoms with van der Waals surface area (Å²) in [6, 6.07) is 18.1. The highest BCUT2D eigenvalue weighted by Crippen LogP contribution is 2.43. The molecule has 10 heteroatoms. The van der Waals surface area contributed by atoms with Gasteiger partial charge in [-0.3, -0.25) is 14.9 Å². The second-order valence-electron chi connectivity index (χ2n) is 12.7. The number of imide groups is 1. The van der Waals surface area contributed by atoms with Crippen LogP contribution in [0.5, 0.6) is 11.5 Å². The zero-order valence-corrected chi connectivity index (χ0v) is 27.9. The van der Waals surface area contributed by atoms with Crippen molar-refractivity contribution in [2.75, 3.05) is 0 Å². The van der Waals surface area contributed by atoms with E-state index < -0.39 is 0 Å². The third-order valence-electron chi connectivity index (χ3n) is 7.36. The van der Waals surface area contributed by atoms with Crippen molar-refractivity contribution in [2.24, 2.45) is 7.05 Å². The van der Waals surface area contributed by atoms with Gasteiger partial charge in [-0.05, 0) is 65.3 Å². The predicted molar refractivity (Wildman–Crippen MR) is 177 cm³/mol. The number of hydrogen-bond acceptors (Lipinski definition) is 7. The smallest absolute Gasteiger partial charge is 0.286 e. The van der Waals surface area contributed by atoms with Crippen LogP contribution in [0.4, 0.5) is 4.79 Å². The number of ether oxygens (including phenoxy) is 1. The van der Waals surface area contributed by atoms with Crippen LogP contribution >= 0.6 is 35.9 Å². The van der Waals surface area contributed by atoms with Crippen molar-refractivity contribution in [3.05, 3.63) is 77.1 Å². The van der Waals surface area contributed by atoms with Gasteiger partial charge in [0.15, 0.2) is 0 Å².